The van der Waals surface area contributed by atoms with Crippen molar-refractivity contribution in [1.29, 1.82) is 0 Å². The van der Waals surface area contributed by atoms with Crippen LogP contribution in [0.1, 0.15) is 5.56 Å². The van der Waals surface area contributed by atoms with Crippen LogP contribution in [0, 0.1) is 22.5 Å². The Labute approximate surface area is 115 Å². The van der Waals surface area contributed by atoms with Crippen molar-refractivity contribution in [3.63, 3.8) is 0 Å². The van der Waals surface area contributed by atoms with Gasteiger partial charge < -0.3 is 10.0 Å². The number of terminal acetylenes is 1. The van der Waals surface area contributed by atoms with Gasteiger partial charge in [0.15, 0.2) is 0 Å². The van der Waals surface area contributed by atoms with Crippen molar-refractivity contribution in [1.82, 2.24) is 4.90 Å². The quantitative estimate of drug-likeness (QED) is 0.468. The van der Waals surface area contributed by atoms with Gasteiger partial charge in [0.2, 0.25) is 5.91 Å². The minimum absolute atomic E-state index is 0.125. The number of nitrogens with zero attached hydrogens (tertiary/aromatic N) is 2. The van der Waals surface area contributed by atoms with Gasteiger partial charge in [-0.25, -0.2) is 0 Å². The number of hydrogen-bond acceptors (Lipinski definition) is 4. The molecule has 0 aromatic heterocycles. The van der Waals surface area contributed by atoms with Crippen LogP contribution in [0.3, 0.4) is 0 Å². The van der Waals surface area contributed by atoms with Crippen molar-refractivity contribution >= 4 is 17.6 Å². The molecule has 7 heteroatoms. The Morgan fingerprint density at radius 3 is 2.70 bits per heavy atom. The molecule has 7 nitrogen and oxygen atoms in total. The second kappa shape index (κ2) is 6.89. The van der Waals surface area contributed by atoms with Gasteiger partial charge in [0.1, 0.15) is 6.54 Å². The van der Waals surface area contributed by atoms with Crippen molar-refractivity contribution in [3.8, 4) is 12.3 Å². The molecule has 0 spiro atoms. The number of amides is 1. The van der Waals surface area contributed by atoms with E-state index in [0.29, 0.717) is 5.56 Å². The number of carboxylic acid groups (broad SMARTS) is 1. The lowest BCUT2D eigenvalue weighted by Crippen LogP contribution is -2.36. The van der Waals surface area contributed by atoms with Crippen LogP contribution in [0.4, 0.5) is 5.69 Å². The lowest BCUT2D eigenvalue weighted by molar-refractivity contribution is -0.384. The predicted molar refractivity (Wildman–Crippen MR) is 69.8 cm³/mol. The molecule has 104 valence electrons. The number of hydrogen-bond donors (Lipinski definition) is 1. The van der Waals surface area contributed by atoms with E-state index in [1.54, 1.807) is 6.07 Å². The molecule has 1 aromatic carbocycles. The highest BCUT2D eigenvalue weighted by molar-refractivity contribution is 5.83. The summed E-state index contributed by atoms with van der Waals surface area (Å²) in [5.41, 5.74) is 0.300. The summed E-state index contributed by atoms with van der Waals surface area (Å²) in [6.45, 7) is -0.627. The summed E-state index contributed by atoms with van der Waals surface area (Å²) in [6, 6.07) is 5.60. The summed E-state index contributed by atoms with van der Waals surface area (Å²) in [4.78, 5) is 33.6. The van der Waals surface area contributed by atoms with Crippen LogP contribution in [-0.2, 0) is 16.0 Å². The first-order chi connectivity index (χ1) is 9.43. The first-order valence-electron chi connectivity index (χ1n) is 5.60. The summed E-state index contributed by atoms with van der Waals surface area (Å²) in [5.74, 6) is 0.535. The van der Waals surface area contributed by atoms with Crippen LogP contribution in [0.5, 0.6) is 0 Å². The van der Waals surface area contributed by atoms with E-state index < -0.39 is 23.3 Å². The van der Waals surface area contributed by atoms with Crippen molar-refractivity contribution in [2.75, 3.05) is 13.1 Å². The summed E-state index contributed by atoms with van der Waals surface area (Å²) in [5, 5.41) is 19.3. The van der Waals surface area contributed by atoms with Gasteiger partial charge in [-0.2, -0.15) is 0 Å². The number of benzene rings is 1. The molecule has 0 radical (unpaired) electrons. The molecule has 0 fully saturated rings. The topological polar surface area (TPSA) is 101 Å². The van der Waals surface area contributed by atoms with Crippen LogP contribution < -0.4 is 0 Å². The molecule has 1 N–H and O–H groups in total. The number of non-ortho nitro benzene ring substituents is 1. The molecule has 0 saturated carbocycles. The van der Waals surface area contributed by atoms with Gasteiger partial charge in [-0.05, 0) is 5.56 Å². The first kappa shape index (κ1) is 15.2. The van der Waals surface area contributed by atoms with Crippen molar-refractivity contribution in [2.24, 2.45) is 0 Å². The van der Waals surface area contributed by atoms with E-state index in [-0.39, 0.29) is 18.7 Å². The van der Waals surface area contributed by atoms with E-state index in [0.717, 1.165) is 4.90 Å². The Bertz CT molecular complexity index is 576. The second-order valence-corrected chi connectivity index (χ2v) is 3.95. The lowest BCUT2D eigenvalue weighted by Gasteiger charge is -2.17. The van der Waals surface area contributed by atoms with Crippen LogP contribution in [-0.4, -0.2) is 39.9 Å². The van der Waals surface area contributed by atoms with Gasteiger partial charge >= 0.3 is 5.97 Å². The monoisotopic (exact) mass is 276 g/mol. The number of nitro groups is 1. The smallest absolute Gasteiger partial charge is 0.323 e. The molecule has 1 aromatic rings. The first-order valence-corrected chi connectivity index (χ1v) is 5.60. The Morgan fingerprint density at radius 2 is 2.15 bits per heavy atom. The number of carboxylic acids is 1. The third-order valence-electron chi connectivity index (χ3n) is 2.44. The molecule has 0 heterocycles. The minimum atomic E-state index is -1.17. The van der Waals surface area contributed by atoms with E-state index in [9.17, 15) is 19.7 Å². The molecular formula is C13H12N2O5. The molecule has 0 saturated heterocycles. The van der Waals surface area contributed by atoms with Crippen LogP contribution in [0.25, 0.3) is 0 Å². The maximum Gasteiger partial charge on any atom is 0.323 e. The lowest BCUT2D eigenvalue weighted by atomic mass is 10.1. The number of carbonyl (C=O) groups excluding carboxylic acids is 1. The molecular weight excluding hydrogens is 264 g/mol. The molecule has 0 aliphatic rings. The van der Waals surface area contributed by atoms with Gasteiger partial charge in [0, 0.05) is 12.1 Å². The third-order valence-corrected chi connectivity index (χ3v) is 2.44. The number of nitro benzene ring substituents is 1. The van der Waals surface area contributed by atoms with Crippen molar-refractivity contribution < 1.29 is 19.6 Å². The number of rotatable bonds is 6. The van der Waals surface area contributed by atoms with Crippen LogP contribution >= 0.6 is 0 Å². The molecule has 0 bridgehead atoms. The largest absolute Gasteiger partial charge is 0.480 e. The van der Waals surface area contributed by atoms with Gasteiger partial charge in [-0.1, -0.05) is 18.1 Å². The highest BCUT2D eigenvalue weighted by atomic mass is 16.6. The van der Waals surface area contributed by atoms with Crippen LogP contribution in [0.2, 0.25) is 0 Å². The highest BCUT2D eigenvalue weighted by Crippen LogP contribution is 2.14. The van der Waals surface area contributed by atoms with Crippen molar-refractivity contribution in [3.05, 3.63) is 39.9 Å². The maximum absolute atomic E-state index is 11.9. The zero-order valence-corrected chi connectivity index (χ0v) is 10.5. The van der Waals surface area contributed by atoms with Gasteiger partial charge in [0.25, 0.3) is 5.69 Å². The second-order valence-electron chi connectivity index (χ2n) is 3.95. The number of carbonyl (C=O) groups is 2. The fourth-order valence-electron chi connectivity index (χ4n) is 1.57. The molecule has 0 aliphatic heterocycles. The number of aliphatic carboxylic acids is 1. The van der Waals surface area contributed by atoms with E-state index in [2.05, 4.69) is 5.92 Å². The molecule has 1 amide bonds. The van der Waals surface area contributed by atoms with Crippen LogP contribution in [0.15, 0.2) is 24.3 Å². The van der Waals surface area contributed by atoms with Crippen molar-refractivity contribution in [2.45, 2.75) is 6.42 Å². The Hall–Kier alpha value is -2.88. The predicted octanol–water partition coefficient (Wildman–Crippen LogP) is 0.684. The summed E-state index contributed by atoms with van der Waals surface area (Å²) in [7, 11) is 0. The van der Waals surface area contributed by atoms with E-state index in [1.165, 1.54) is 18.2 Å². The molecule has 20 heavy (non-hydrogen) atoms. The van der Waals surface area contributed by atoms with E-state index >= 15 is 0 Å². The highest BCUT2D eigenvalue weighted by Gasteiger charge is 2.17. The normalized spacial score (nSPS) is 9.55. The Balaban J connectivity index is 2.82. The maximum atomic E-state index is 11.9. The average molecular weight is 276 g/mol. The van der Waals surface area contributed by atoms with E-state index in [1.807, 2.05) is 0 Å². The fraction of sp³-hybridized carbons (Fsp3) is 0.231. The standard InChI is InChI=1S/C13H12N2O5/c1-2-6-14(9-13(17)18)12(16)8-10-4-3-5-11(7-10)15(19)20/h1,3-5,7H,6,8-9H2,(H,17,18). The minimum Gasteiger partial charge on any atom is -0.480 e. The zero-order valence-electron chi connectivity index (χ0n) is 10.5. The average Bonchev–Trinajstić information content (AvgIpc) is 2.38. The van der Waals surface area contributed by atoms with Gasteiger partial charge in [-0.3, -0.25) is 19.7 Å². The zero-order chi connectivity index (χ0) is 15.1. The molecule has 0 unspecified atom stereocenters. The van der Waals surface area contributed by atoms with Gasteiger partial charge in [-0.15, -0.1) is 6.42 Å². The Morgan fingerprint density at radius 1 is 1.45 bits per heavy atom. The van der Waals surface area contributed by atoms with Gasteiger partial charge in [0.05, 0.1) is 17.9 Å². The van der Waals surface area contributed by atoms with E-state index in [4.69, 9.17) is 11.5 Å². The molecule has 0 aliphatic carbocycles. The summed E-state index contributed by atoms with van der Waals surface area (Å²) in [6.07, 6.45) is 4.93. The fourth-order valence-corrected chi connectivity index (χ4v) is 1.57. The molecule has 1 rings (SSSR count). The third kappa shape index (κ3) is 4.42. The molecule has 0 atom stereocenters. The Kier molecular flexibility index (Phi) is 5.23. The SMILES string of the molecule is C#CCN(CC(=O)O)C(=O)Cc1cccc([N+](=O)[O-])c1. The summed E-state index contributed by atoms with van der Waals surface area (Å²) < 4.78 is 0. The summed E-state index contributed by atoms with van der Waals surface area (Å²) >= 11 is 0.